The van der Waals surface area contributed by atoms with Gasteiger partial charge in [0.1, 0.15) is 30.8 Å². The van der Waals surface area contributed by atoms with E-state index in [9.17, 15) is 14.4 Å². The monoisotopic (exact) mass is 619 g/mol. The smallest absolute Gasteiger partial charge is 0.308 e. The lowest BCUT2D eigenvalue weighted by Gasteiger charge is -2.36. The lowest BCUT2D eigenvalue weighted by molar-refractivity contribution is -0.148. The highest BCUT2D eigenvalue weighted by molar-refractivity contribution is 9.10. The molecule has 39 heavy (non-hydrogen) atoms. The van der Waals surface area contributed by atoms with E-state index >= 15 is 0 Å². The van der Waals surface area contributed by atoms with Crippen molar-refractivity contribution in [2.75, 3.05) is 32.9 Å². The van der Waals surface area contributed by atoms with Crippen molar-refractivity contribution in [3.8, 4) is 11.5 Å². The van der Waals surface area contributed by atoms with Crippen LogP contribution in [-0.4, -0.2) is 66.7 Å². The van der Waals surface area contributed by atoms with E-state index in [0.29, 0.717) is 41.2 Å². The van der Waals surface area contributed by atoms with Gasteiger partial charge in [-0.25, -0.2) is 0 Å². The SMILES string of the molecule is CCCCCCOc1ccc(Br)cc1C(=O)NC(=S)N1CCNC(=O)C1CC(=O)OCCOc1ccccc1. The number of nitrogens with one attached hydrogen (secondary N) is 2. The quantitative estimate of drug-likeness (QED) is 0.195. The van der Waals surface area contributed by atoms with Gasteiger partial charge in [0, 0.05) is 17.6 Å². The zero-order valence-electron chi connectivity index (χ0n) is 22.0. The Bertz CT molecular complexity index is 1130. The highest BCUT2D eigenvalue weighted by atomic mass is 79.9. The molecule has 0 aromatic heterocycles. The third kappa shape index (κ3) is 9.81. The summed E-state index contributed by atoms with van der Waals surface area (Å²) in [7, 11) is 0. The molecule has 1 atom stereocenters. The molecule has 1 fully saturated rings. The molecule has 1 aliphatic rings. The van der Waals surface area contributed by atoms with Crippen LogP contribution in [-0.2, 0) is 14.3 Å². The van der Waals surface area contributed by atoms with E-state index in [1.54, 1.807) is 30.3 Å². The van der Waals surface area contributed by atoms with Crippen LogP contribution in [0.2, 0.25) is 0 Å². The van der Waals surface area contributed by atoms with Crippen molar-refractivity contribution in [1.82, 2.24) is 15.5 Å². The van der Waals surface area contributed by atoms with Gasteiger partial charge in [0.05, 0.1) is 18.6 Å². The average molecular weight is 621 g/mol. The first-order chi connectivity index (χ1) is 18.9. The third-order valence-electron chi connectivity index (χ3n) is 5.97. The van der Waals surface area contributed by atoms with Crippen molar-refractivity contribution in [3.63, 3.8) is 0 Å². The van der Waals surface area contributed by atoms with Crippen molar-refractivity contribution in [3.05, 3.63) is 58.6 Å². The second kappa shape index (κ2) is 16.0. The number of halogens is 1. The second-order valence-electron chi connectivity index (χ2n) is 8.90. The average Bonchev–Trinajstić information content (AvgIpc) is 2.93. The van der Waals surface area contributed by atoms with Gasteiger partial charge in [0.15, 0.2) is 5.11 Å². The lowest BCUT2D eigenvalue weighted by Crippen LogP contribution is -2.60. The first kappa shape index (κ1) is 30.4. The number of hydrogen-bond donors (Lipinski definition) is 2. The van der Waals surface area contributed by atoms with Gasteiger partial charge in [-0.3, -0.25) is 19.7 Å². The van der Waals surface area contributed by atoms with Crippen molar-refractivity contribution >= 4 is 51.0 Å². The number of para-hydroxylation sites is 1. The Hall–Kier alpha value is -3.18. The molecule has 9 nitrogen and oxygen atoms in total. The molecule has 1 unspecified atom stereocenters. The fourth-order valence-corrected chi connectivity index (χ4v) is 4.63. The number of amides is 2. The Kier molecular flexibility index (Phi) is 12.5. The zero-order valence-corrected chi connectivity index (χ0v) is 24.4. The number of piperazine rings is 1. The molecular formula is C28H34BrN3O6S. The first-order valence-electron chi connectivity index (χ1n) is 13.0. The lowest BCUT2D eigenvalue weighted by atomic mass is 10.1. The number of ether oxygens (including phenoxy) is 3. The Balaban J connectivity index is 1.56. The number of unbranched alkanes of at least 4 members (excludes halogenated alkanes) is 3. The minimum atomic E-state index is -0.911. The molecule has 0 spiro atoms. The summed E-state index contributed by atoms with van der Waals surface area (Å²) < 4.78 is 17.4. The molecule has 1 aliphatic heterocycles. The molecular weight excluding hydrogens is 586 g/mol. The van der Waals surface area contributed by atoms with Crippen LogP contribution in [0.5, 0.6) is 11.5 Å². The van der Waals surface area contributed by atoms with Crippen LogP contribution in [0.15, 0.2) is 53.0 Å². The molecule has 11 heteroatoms. The molecule has 1 saturated heterocycles. The number of carbonyl (C=O) groups excluding carboxylic acids is 3. The van der Waals surface area contributed by atoms with Crippen molar-refractivity contribution in [1.29, 1.82) is 0 Å². The Morgan fingerprint density at radius 3 is 2.64 bits per heavy atom. The normalized spacial score (nSPS) is 14.8. The number of benzene rings is 2. The fraction of sp³-hybridized carbons (Fsp3) is 0.429. The molecule has 1 heterocycles. The largest absolute Gasteiger partial charge is 0.493 e. The molecule has 0 radical (unpaired) electrons. The van der Waals surface area contributed by atoms with E-state index in [4.69, 9.17) is 26.4 Å². The second-order valence-corrected chi connectivity index (χ2v) is 10.2. The molecule has 0 aliphatic carbocycles. The van der Waals surface area contributed by atoms with Gasteiger partial charge in [-0.2, -0.15) is 0 Å². The number of rotatable bonds is 13. The van der Waals surface area contributed by atoms with Crippen LogP contribution < -0.4 is 20.1 Å². The van der Waals surface area contributed by atoms with Crippen LogP contribution in [0.25, 0.3) is 0 Å². The summed E-state index contributed by atoms with van der Waals surface area (Å²) in [5.41, 5.74) is 0.318. The Morgan fingerprint density at radius 1 is 1.08 bits per heavy atom. The van der Waals surface area contributed by atoms with E-state index in [-0.39, 0.29) is 30.7 Å². The van der Waals surface area contributed by atoms with Gasteiger partial charge in [-0.1, -0.05) is 60.3 Å². The van der Waals surface area contributed by atoms with E-state index in [2.05, 4.69) is 33.5 Å². The molecule has 2 aromatic carbocycles. The summed E-state index contributed by atoms with van der Waals surface area (Å²) in [6.07, 6.45) is 3.97. The maximum atomic E-state index is 13.2. The van der Waals surface area contributed by atoms with Crippen molar-refractivity contribution in [2.24, 2.45) is 0 Å². The molecule has 0 saturated carbocycles. The summed E-state index contributed by atoms with van der Waals surface area (Å²) in [6.45, 7) is 3.52. The van der Waals surface area contributed by atoms with Gasteiger partial charge in [-0.05, 0) is 49.0 Å². The molecule has 210 valence electrons. The molecule has 2 amide bonds. The highest BCUT2D eigenvalue weighted by Gasteiger charge is 2.34. The van der Waals surface area contributed by atoms with Gasteiger partial charge in [0.2, 0.25) is 5.91 Å². The molecule has 2 N–H and O–H groups in total. The Morgan fingerprint density at radius 2 is 1.87 bits per heavy atom. The van der Waals surface area contributed by atoms with Crippen LogP contribution in [0.1, 0.15) is 49.4 Å². The molecule has 0 bridgehead atoms. The first-order valence-corrected chi connectivity index (χ1v) is 14.2. The van der Waals surface area contributed by atoms with Crippen molar-refractivity contribution in [2.45, 2.75) is 45.1 Å². The van der Waals surface area contributed by atoms with Gasteiger partial charge in [-0.15, -0.1) is 0 Å². The van der Waals surface area contributed by atoms with Crippen LogP contribution in [0, 0.1) is 0 Å². The Labute approximate surface area is 242 Å². The third-order valence-corrected chi connectivity index (χ3v) is 6.80. The number of esters is 1. The summed E-state index contributed by atoms with van der Waals surface area (Å²) >= 11 is 8.90. The van der Waals surface area contributed by atoms with E-state index in [0.717, 1.165) is 25.7 Å². The summed E-state index contributed by atoms with van der Waals surface area (Å²) in [5, 5.41) is 5.49. The van der Waals surface area contributed by atoms with Crippen molar-refractivity contribution < 1.29 is 28.6 Å². The summed E-state index contributed by atoms with van der Waals surface area (Å²) in [4.78, 5) is 39.8. The fourth-order valence-electron chi connectivity index (χ4n) is 3.96. The zero-order chi connectivity index (χ0) is 28.0. The van der Waals surface area contributed by atoms with Gasteiger partial charge in [0.25, 0.3) is 5.91 Å². The van der Waals surface area contributed by atoms with Crippen LogP contribution >= 0.6 is 28.1 Å². The molecule has 2 aromatic rings. The number of thiocarbonyl (C=S) groups is 1. The minimum absolute atomic E-state index is 0.0351. The number of carbonyl (C=O) groups is 3. The van der Waals surface area contributed by atoms with E-state index in [1.165, 1.54) is 4.90 Å². The van der Waals surface area contributed by atoms with Crippen LogP contribution in [0.3, 0.4) is 0 Å². The number of nitrogens with zero attached hydrogens (tertiary/aromatic N) is 1. The number of hydrogen-bond acceptors (Lipinski definition) is 7. The highest BCUT2D eigenvalue weighted by Crippen LogP contribution is 2.24. The standard InChI is InChI=1S/C28H34BrN3O6S/c1-2-3-4-8-15-37-24-12-11-20(29)18-22(24)26(34)31-28(39)32-14-13-30-27(35)23(32)19-25(33)38-17-16-36-21-9-6-5-7-10-21/h5-7,9-12,18,23H,2-4,8,13-17,19H2,1H3,(H,30,35)(H,31,34,39). The summed E-state index contributed by atoms with van der Waals surface area (Å²) in [6, 6.07) is 13.5. The summed E-state index contributed by atoms with van der Waals surface area (Å²) in [5.74, 6) is -0.282. The van der Waals surface area contributed by atoms with Gasteiger partial charge < -0.3 is 24.4 Å². The maximum Gasteiger partial charge on any atom is 0.308 e. The minimum Gasteiger partial charge on any atom is -0.493 e. The predicted octanol–water partition coefficient (Wildman–Crippen LogP) is 4.24. The predicted molar refractivity (Wildman–Crippen MR) is 155 cm³/mol. The van der Waals surface area contributed by atoms with Gasteiger partial charge >= 0.3 is 5.97 Å². The topological polar surface area (TPSA) is 106 Å². The van der Waals surface area contributed by atoms with E-state index < -0.39 is 17.9 Å². The van der Waals surface area contributed by atoms with Crippen LogP contribution in [0.4, 0.5) is 0 Å². The molecule has 3 rings (SSSR count). The van der Waals surface area contributed by atoms with E-state index in [1.807, 2.05) is 18.2 Å². The maximum absolute atomic E-state index is 13.2.